The number of aliphatic imine (C=N–C) groups is 1. The van der Waals surface area contributed by atoms with Crippen molar-refractivity contribution in [3.05, 3.63) is 12.3 Å². The summed E-state index contributed by atoms with van der Waals surface area (Å²) in [7, 11) is 1.89. The van der Waals surface area contributed by atoms with Gasteiger partial charge in [0.2, 0.25) is 0 Å². The number of rotatable bonds is 7. The number of hydrogen-bond donors (Lipinski definition) is 2. The lowest BCUT2D eigenvalue weighted by Crippen LogP contribution is -2.14. The maximum absolute atomic E-state index is 4.17. The molecule has 0 unspecified atom stereocenters. The summed E-state index contributed by atoms with van der Waals surface area (Å²) in [5.41, 5.74) is 0. The zero-order chi connectivity index (χ0) is 9.07. The Kier molecular flexibility index (Phi) is 9.47. The van der Waals surface area contributed by atoms with E-state index in [1.165, 1.54) is 0 Å². The first-order chi connectivity index (χ1) is 5.91. The lowest BCUT2D eigenvalue weighted by atomic mass is 10.4. The molecule has 0 saturated heterocycles. The fraction of sp³-hybridized carbons (Fsp3) is 0.667. The van der Waals surface area contributed by atoms with E-state index in [1.54, 1.807) is 0 Å². The van der Waals surface area contributed by atoms with E-state index in [4.69, 9.17) is 0 Å². The van der Waals surface area contributed by atoms with E-state index < -0.39 is 0 Å². The Morgan fingerprint density at radius 1 is 1.42 bits per heavy atom. The van der Waals surface area contributed by atoms with Crippen LogP contribution in [0.4, 0.5) is 0 Å². The van der Waals surface area contributed by atoms with Crippen LogP contribution < -0.4 is 10.6 Å². The zero-order valence-electron chi connectivity index (χ0n) is 8.01. The van der Waals surface area contributed by atoms with Crippen LogP contribution >= 0.6 is 0 Å². The molecular formula is C9H19N3. The molecule has 0 rings (SSSR count). The first-order valence-electron chi connectivity index (χ1n) is 4.43. The average Bonchev–Trinajstić information content (AvgIpc) is 2.10. The van der Waals surface area contributed by atoms with Gasteiger partial charge in [0.1, 0.15) is 0 Å². The number of allylic oxidation sites excluding steroid dienone is 1. The van der Waals surface area contributed by atoms with E-state index >= 15 is 0 Å². The predicted octanol–water partition coefficient (Wildman–Crippen LogP) is 1.14. The zero-order valence-corrected chi connectivity index (χ0v) is 8.01. The molecule has 0 amide bonds. The van der Waals surface area contributed by atoms with Crippen molar-refractivity contribution in [2.45, 2.75) is 19.8 Å². The Morgan fingerprint density at radius 2 is 2.25 bits per heavy atom. The molecule has 2 N–H and O–H groups in total. The highest BCUT2D eigenvalue weighted by Crippen LogP contribution is 1.76. The lowest BCUT2D eigenvalue weighted by molar-refractivity contribution is 0.691. The minimum Gasteiger partial charge on any atom is -0.394 e. The van der Waals surface area contributed by atoms with Gasteiger partial charge in [-0.2, -0.15) is 0 Å². The molecule has 70 valence electrons. The third kappa shape index (κ3) is 9.17. The lowest BCUT2D eigenvalue weighted by Gasteiger charge is -1.94. The van der Waals surface area contributed by atoms with Crippen molar-refractivity contribution in [3.8, 4) is 0 Å². The summed E-state index contributed by atoms with van der Waals surface area (Å²) in [4.78, 5) is 4.17. The maximum atomic E-state index is 4.17. The SMILES string of the molecule is CCCNC/N=C\C/C=C\NC. The van der Waals surface area contributed by atoms with Crippen molar-refractivity contribution in [2.24, 2.45) is 4.99 Å². The van der Waals surface area contributed by atoms with Crippen LogP contribution in [-0.2, 0) is 0 Å². The highest BCUT2D eigenvalue weighted by molar-refractivity contribution is 5.59. The van der Waals surface area contributed by atoms with Crippen molar-refractivity contribution in [2.75, 3.05) is 20.3 Å². The molecule has 0 atom stereocenters. The number of hydrogen-bond acceptors (Lipinski definition) is 3. The molecule has 0 aliphatic heterocycles. The van der Waals surface area contributed by atoms with Crippen LogP contribution in [0, 0.1) is 0 Å². The molecule has 0 radical (unpaired) electrons. The Hall–Kier alpha value is -0.830. The highest BCUT2D eigenvalue weighted by atomic mass is 15.0. The van der Waals surface area contributed by atoms with Gasteiger partial charge in [-0.25, -0.2) is 0 Å². The standard InChI is InChI=1S/C9H19N3/c1-3-6-11-9-12-8-5-4-7-10-2/h4,7-8,10-11H,3,5-6,9H2,1-2H3/b7-4-,12-8-. The fourth-order valence-electron chi connectivity index (χ4n) is 0.706. The summed E-state index contributed by atoms with van der Waals surface area (Å²) in [6, 6.07) is 0. The van der Waals surface area contributed by atoms with Crippen molar-refractivity contribution in [1.82, 2.24) is 10.6 Å². The van der Waals surface area contributed by atoms with Crippen LogP contribution in [0.5, 0.6) is 0 Å². The van der Waals surface area contributed by atoms with E-state index in [2.05, 4.69) is 22.5 Å². The van der Waals surface area contributed by atoms with Crippen molar-refractivity contribution in [1.29, 1.82) is 0 Å². The van der Waals surface area contributed by atoms with Crippen LogP contribution in [0.3, 0.4) is 0 Å². The molecule has 3 heteroatoms. The molecule has 0 saturated carbocycles. The molecule has 0 heterocycles. The summed E-state index contributed by atoms with van der Waals surface area (Å²) in [5, 5.41) is 6.11. The third-order valence-corrected chi connectivity index (χ3v) is 1.28. The van der Waals surface area contributed by atoms with Gasteiger partial charge in [-0.05, 0) is 19.2 Å². The summed E-state index contributed by atoms with van der Waals surface area (Å²) in [6.07, 6.45) is 7.91. The number of nitrogens with one attached hydrogen (secondary N) is 2. The Labute approximate surface area is 75.0 Å². The molecule has 0 aliphatic carbocycles. The van der Waals surface area contributed by atoms with Gasteiger partial charge in [0.15, 0.2) is 0 Å². The van der Waals surface area contributed by atoms with Crippen molar-refractivity contribution >= 4 is 6.21 Å². The maximum Gasteiger partial charge on any atom is 0.0880 e. The summed E-state index contributed by atoms with van der Waals surface area (Å²) < 4.78 is 0. The Morgan fingerprint density at radius 3 is 2.92 bits per heavy atom. The Bertz CT molecular complexity index is 130. The van der Waals surface area contributed by atoms with Crippen LogP contribution in [-0.4, -0.2) is 26.5 Å². The molecule has 0 aromatic heterocycles. The first kappa shape index (κ1) is 11.2. The summed E-state index contributed by atoms with van der Waals surface area (Å²) >= 11 is 0. The molecule has 0 aliphatic rings. The van der Waals surface area contributed by atoms with Crippen molar-refractivity contribution in [3.63, 3.8) is 0 Å². The average molecular weight is 169 g/mol. The normalized spacial score (nSPS) is 11.5. The van der Waals surface area contributed by atoms with Gasteiger partial charge < -0.3 is 5.32 Å². The predicted molar refractivity (Wildman–Crippen MR) is 54.5 cm³/mol. The molecule has 12 heavy (non-hydrogen) atoms. The monoisotopic (exact) mass is 169 g/mol. The van der Waals surface area contributed by atoms with E-state index in [0.29, 0.717) is 0 Å². The number of nitrogens with zero attached hydrogens (tertiary/aromatic N) is 1. The van der Waals surface area contributed by atoms with Gasteiger partial charge in [-0.15, -0.1) is 0 Å². The molecule has 0 bridgehead atoms. The first-order valence-corrected chi connectivity index (χ1v) is 4.43. The molecule has 0 aromatic carbocycles. The second kappa shape index (κ2) is 10.2. The van der Waals surface area contributed by atoms with Gasteiger partial charge in [0.25, 0.3) is 0 Å². The fourth-order valence-corrected chi connectivity index (χ4v) is 0.706. The van der Waals surface area contributed by atoms with Gasteiger partial charge in [-0.1, -0.05) is 13.0 Å². The smallest absolute Gasteiger partial charge is 0.0880 e. The van der Waals surface area contributed by atoms with Crippen LogP contribution in [0.15, 0.2) is 17.3 Å². The molecule has 0 fully saturated rings. The second-order valence-electron chi connectivity index (χ2n) is 2.45. The van der Waals surface area contributed by atoms with Gasteiger partial charge in [0.05, 0.1) is 6.67 Å². The second-order valence-corrected chi connectivity index (χ2v) is 2.45. The van der Waals surface area contributed by atoms with E-state index in [0.717, 1.165) is 26.1 Å². The largest absolute Gasteiger partial charge is 0.394 e. The van der Waals surface area contributed by atoms with Crippen LogP contribution in [0.1, 0.15) is 19.8 Å². The van der Waals surface area contributed by atoms with Crippen molar-refractivity contribution < 1.29 is 0 Å². The van der Waals surface area contributed by atoms with Crippen LogP contribution in [0.2, 0.25) is 0 Å². The minimum absolute atomic E-state index is 0.737. The van der Waals surface area contributed by atoms with E-state index in [9.17, 15) is 0 Å². The van der Waals surface area contributed by atoms with Crippen LogP contribution in [0.25, 0.3) is 0 Å². The molecule has 0 spiro atoms. The molecule has 3 nitrogen and oxygen atoms in total. The highest BCUT2D eigenvalue weighted by Gasteiger charge is 1.77. The van der Waals surface area contributed by atoms with E-state index in [1.807, 2.05) is 25.5 Å². The quantitative estimate of drug-likeness (QED) is 0.443. The molecule has 0 aromatic rings. The van der Waals surface area contributed by atoms with Gasteiger partial charge in [-0.3, -0.25) is 10.3 Å². The molecular weight excluding hydrogens is 150 g/mol. The summed E-state index contributed by atoms with van der Waals surface area (Å²) in [5.74, 6) is 0. The van der Waals surface area contributed by atoms with Gasteiger partial charge in [0, 0.05) is 19.7 Å². The van der Waals surface area contributed by atoms with Gasteiger partial charge >= 0.3 is 0 Å². The summed E-state index contributed by atoms with van der Waals surface area (Å²) in [6.45, 7) is 3.93. The Balaban J connectivity index is 3.08. The van der Waals surface area contributed by atoms with E-state index in [-0.39, 0.29) is 0 Å². The topological polar surface area (TPSA) is 36.4 Å². The third-order valence-electron chi connectivity index (χ3n) is 1.28. The minimum atomic E-state index is 0.737.